The van der Waals surface area contributed by atoms with Crippen LogP contribution in [0.3, 0.4) is 0 Å². The number of anilines is 2. The summed E-state index contributed by atoms with van der Waals surface area (Å²) in [5.74, 6) is 0.555. The van der Waals surface area contributed by atoms with Gasteiger partial charge in [0.25, 0.3) is 10.0 Å². The van der Waals surface area contributed by atoms with Crippen LogP contribution in [0.2, 0.25) is 5.02 Å². The van der Waals surface area contributed by atoms with Gasteiger partial charge in [-0.25, -0.2) is 8.42 Å². The molecular weight excluding hydrogens is 544 g/mol. The molecule has 4 aromatic rings. The second-order valence-electron chi connectivity index (χ2n) is 8.03. The average molecular weight is 569 g/mol. The van der Waals surface area contributed by atoms with Gasteiger partial charge in [0.1, 0.15) is 16.7 Å². The molecule has 0 fully saturated rings. The van der Waals surface area contributed by atoms with E-state index in [0.29, 0.717) is 27.9 Å². The first kappa shape index (κ1) is 27.4. The zero-order valence-corrected chi connectivity index (χ0v) is 22.9. The third-order valence-electron chi connectivity index (χ3n) is 5.49. The third kappa shape index (κ3) is 6.61. The van der Waals surface area contributed by atoms with Crippen molar-refractivity contribution in [3.63, 3.8) is 0 Å². The Kier molecular flexibility index (Phi) is 8.83. The van der Waals surface area contributed by atoms with Crippen LogP contribution in [0.4, 0.5) is 11.4 Å². The van der Waals surface area contributed by atoms with E-state index >= 15 is 0 Å². The Labute approximate surface area is 231 Å². The minimum atomic E-state index is -3.71. The Bertz CT molecular complexity index is 1500. The predicted molar refractivity (Wildman–Crippen MR) is 152 cm³/mol. The second-order valence-corrected chi connectivity index (χ2v) is 11.3. The number of benzene rings is 4. The van der Waals surface area contributed by atoms with E-state index in [0.717, 1.165) is 10.5 Å². The van der Waals surface area contributed by atoms with Crippen molar-refractivity contribution in [3.05, 3.63) is 108 Å². The highest BCUT2D eigenvalue weighted by Crippen LogP contribution is 2.40. The summed E-state index contributed by atoms with van der Waals surface area (Å²) in [7, 11) is -0.714. The molecule has 4 rings (SSSR count). The average Bonchev–Trinajstić information content (AvgIpc) is 2.93. The minimum Gasteiger partial charge on any atom is -0.495 e. The van der Waals surface area contributed by atoms with Gasteiger partial charge in [0.2, 0.25) is 5.91 Å². The fourth-order valence-electron chi connectivity index (χ4n) is 3.61. The highest BCUT2D eigenvalue weighted by atomic mass is 35.5. The number of sulfonamides is 1. The molecule has 0 aliphatic heterocycles. The summed E-state index contributed by atoms with van der Waals surface area (Å²) >= 11 is 7.61. The molecule has 0 saturated heterocycles. The van der Waals surface area contributed by atoms with Gasteiger partial charge < -0.3 is 14.8 Å². The number of methoxy groups -OCH3 is 2. The molecular formula is C28H25ClN2O5S2. The molecule has 0 aliphatic rings. The number of carbonyl (C=O) groups is 1. The van der Waals surface area contributed by atoms with E-state index in [9.17, 15) is 13.2 Å². The Morgan fingerprint density at radius 3 is 2.05 bits per heavy atom. The van der Waals surface area contributed by atoms with Crippen molar-refractivity contribution < 1.29 is 22.7 Å². The number of ether oxygens (including phenoxy) is 2. The summed E-state index contributed by atoms with van der Waals surface area (Å²) in [5, 5.41) is 2.63. The lowest BCUT2D eigenvalue weighted by molar-refractivity contribution is -0.115. The van der Waals surface area contributed by atoms with Gasteiger partial charge in [-0.1, -0.05) is 60.1 Å². The Hall–Kier alpha value is -3.66. The van der Waals surface area contributed by atoms with E-state index in [4.69, 9.17) is 21.1 Å². The number of amides is 1. The molecule has 1 amide bonds. The summed E-state index contributed by atoms with van der Waals surface area (Å²) < 4.78 is 38.5. The van der Waals surface area contributed by atoms with E-state index < -0.39 is 15.3 Å². The van der Waals surface area contributed by atoms with E-state index in [1.165, 1.54) is 38.1 Å². The van der Waals surface area contributed by atoms with Crippen molar-refractivity contribution in [2.75, 3.05) is 24.3 Å². The molecule has 196 valence electrons. The third-order valence-corrected chi connectivity index (χ3v) is 8.45. The van der Waals surface area contributed by atoms with E-state index in [1.54, 1.807) is 54.6 Å². The van der Waals surface area contributed by atoms with Crippen molar-refractivity contribution in [2.24, 2.45) is 0 Å². The summed E-state index contributed by atoms with van der Waals surface area (Å²) in [4.78, 5) is 14.5. The number of hydrogen-bond donors (Lipinski definition) is 2. The molecule has 38 heavy (non-hydrogen) atoms. The van der Waals surface area contributed by atoms with Gasteiger partial charge in [0, 0.05) is 16.6 Å². The lowest BCUT2D eigenvalue weighted by Gasteiger charge is -2.19. The summed E-state index contributed by atoms with van der Waals surface area (Å²) in [6.45, 7) is 0. The van der Waals surface area contributed by atoms with Gasteiger partial charge in [-0.05, 0) is 48.0 Å². The first-order valence-electron chi connectivity index (χ1n) is 11.4. The number of rotatable bonds is 10. The predicted octanol–water partition coefficient (Wildman–Crippen LogP) is 6.63. The Balaban J connectivity index is 1.55. The second kappa shape index (κ2) is 12.3. The van der Waals surface area contributed by atoms with Crippen molar-refractivity contribution in [1.82, 2.24) is 0 Å². The Morgan fingerprint density at radius 1 is 0.842 bits per heavy atom. The van der Waals surface area contributed by atoms with E-state index in [-0.39, 0.29) is 10.8 Å². The van der Waals surface area contributed by atoms with Crippen LogP contribution in [-0.2, 0) is 14.8 Å². The van der Waals surface area contributed by atoms with Crippen LogP contribution < -0.4 is 19.5 Å². The lowest BCUT2D eigenvalue weighted by Crippen LogP contribution is -2.19. The van der Waals surface area contributed by atoms with Gasteiger partial charge in [-0.15, -0.1) is 11.8 Å². The van der Waals surface area contributed by atoms with Crippen LogP contribution >= 0.6 is 23.4 Å². The minimum absolute atomic E-state index is 0.174. The summed E-state index contributed by atoms with van der Waals surface area (Å²) in [5.41, 5.74) is 1.62. The van der Waals surface area contributed by atoms with Gasteiger partial charge in [0.05, 0.1) is 29.8 Å². The molecule has 4 aromatic carbocycles. The van der Waals surface area contributed by atoms with Gasteiger partial charge >= 0.3 is 0 Å². The number of nitrogens with one attached hydrogen (secondary N) is 2. The van der Waals surface area contributed by atoms with Crippen LogP contribution in [0.1, 0.15) is 10.8 Å². The van der Waals surface area contributed by atoms with Gasteiger partial charge in [-0.2, -0.15) is 0 Å². The fourth-order valence-corrected chi connectivity index (χ4v) is 5.95. The molecule has 0 aromatic heterocycles. The molecule has 0 radical (unpaired) electrons. The SMILES string of the molecule is COc1cc(OC)c(NC(=O)C(Sc2ccc(NS(=O)(=O)c3ccccc3)cc2)c2ccccc2)cc1Cl. The van der Waals surface area contributed by atoms with Gasteiger partial charge in [0.15, 0.2) is 0 Å². The summed E-state index contributed by atoms with van der Waals surface area (Å²) in [6, 6.07) is 27.5. The maximum absolute atomic E-state index is 13.5. The zero-order valence-electron chi connectivity index (χ0n) is 20.6. The molecule has 1 unspecified atom stereocenters. The van der Waals surface area contributed by atoms with Crippen LogP contribution in [0, 0.1) is 0 Å². The molecule has 2 N–H and O–H groups in total. The fraction of sp³-hybridized carbons (Fsp3) is 0.107. The normalized spacial score (nSPS) is 11.9. The monoisotopic (exact) mass is 568 g/mol. The molecule has 0 aliphatic carbocycles. The number of thioether (sulfide) groups is 1. The van der Waals surface area contributed by atoms with Crippen LogP contribution in [0.5, 0.6) is 11.5 Å². The van der Waals surface area contributed by atoms with Crippen LogP contribution in [-0.4, -0.2) is 28.5 Å². The molecule has 0 spiro atoms. The maximum atomic E-state index is 13.5. The standard InChI is InChI=1S/C28H25ClN2O5S2/c1-35-25-18-26(36-2)24(17-23(25)29)30-28(32)27(19-9-5-3-6-10-19)37-21-15-13-20(14-16-21)31-38(33,34)22-11-7-4-8-12-22/h3-18,27,31H,1-2H3,(H,30,32). The van der Waals surface area contributed by atoms with Crippen molar-refractivity contribution in [1.29, 1.82) is 0 Å². The highest BCUT2D eigenvalue weighted by molar-refractivity contribution is 8.00. The van der Waals surface area contributed by atoms with Crippen molar-refractivity contribution in [2.45, 2.75) is 15.0 Å². The molecule has 7 nitrogen and oxygen atoms in total. The van der Waals surface area contributed by atoms with Crippen LogP contribution in [0.25, 0.3) is 0 Å². The first-order chi connectivity index (χ1) is 18.3. The largest absolute Gasteiger partial charge is 0.495 e. The quantitative estimate of drug-likeness (QED) is 0.209. The van der Waals surface area contributed by atoms with E-state index in [2.05, 4.69) is 10.0 Å². The maximum Gasteiger partial charge on any atom is 0.261 e. The highest BCUT2D eigenvalue weighted by Gasteiger charge is 2.24. The van der Waals surface area contributed by atoms with Gasteiger partial charge in [-0.3, -0.25) is 9.52 Å². The summed E-state index contributed by atoms with van der Waals surface area (Å²) in [6.07, 6.45) is 0. The molecule has 0 heterocycles. The van der Waals surface area contributed by atoms with Crippen molar-refractivity contribution >= 4 is 50.7 Å². The first-order valence-corrected chi connectivity index (χ1v) is 14.2. The molecule has 10 heteroatoms. The number of hydrogen-bond acceptors (Lipinski definition) is 6. The van der Waals surface area contributed by atoms with E-state index in [1.807, 2.05) is 30.3 Å². The van der Waals surface area contributed by atoms with Crippen LogP contribution in [0.15, 0.2) is 107 Å². The molecule has 0 saturated carbocycles. The number of halogens is 1. The smallest absolute Gasteiger partial charge is 0.261 e. The van der Waals surface area contributed by atoms with Crippen molar-refractivity contribution in [3.8, 4) is 11.5 Å². The zero-order chi connectivity index (χ0) is 27.1. The lowest BCUT2D eigenvalue weighted by atomic mass is 10.1. The Morgan fingerprint density at radius 2 is 1.45 bits per heavy atom. The number of carbonyl (C=O) groups excluding carboxylic acids is 1. The molecule has 0 bridgehead atoms. The molecule has 1 atom stereocenters. The topological polar surface area (TPSA) is 93.7 Å².